The van der Waals surface area contributed by atoms with Crippen molar-refractivity contribution in [1.82, 2.24) is 5.32 Å². The lowest BCUT2D eigenvalue weighted by atomic mass is 10.0. The highest BCUT2D eigenvalue weighted by Gasteiger charge is 2.18. The van der Waals surface area contributed by atoms with Crippen LogP contribution in [0.2, 0.25) is 0 Å². The molecule has 0 aliphatic carbocycles. The zero-order chi connectivity index (χ0) is 15.3. The fourth-order valence-electron chi connectivity index (χ4n) is 1.77. The van der Waals surface area contributed by atoms with Crippen LogP contribution in [0.25, 0.3) is 0 Å². The van der Waals surface area contributed by atoms with Crippen LogP contribution >= 0.6 is 0 Å². The second-order valence-electron chi connectivity index (χ2n) is 5.79. The fourth-order valence-corrected chi connectivity index (χ4v) is 1.77. The molecule has 20 heavy (non-hydrogen) atoms. The zero-order valence-corrected chi connectivity index (χ0v) is 13.0. The molecule has 0 heterocycles. The van der Waals surface area contributed by atoms with Crippen LogP contribution in [0.5, 0.6) is 5.75 Å². The molecule has 1 rings (SSSR count). The molecule has 0 aromatic heterocycles. The Hall–Kier alpha value is -1.55. The van der Waals surface area contributed by atoms with Gasteiger partial charge in [0.05, 0.1) is 6.10 Å². The van der Waals surface area contributed by atoms with Crippen LogP contribution < -0.4 is 10.1 Å². The molecular weight excluding hydrogens is 254 g/mol. The lowest BCUT2D eigenvalue weighted by molar-refractivity contribution is -0.124. The molecule has 0 fully saturated rings. The quantitative estimate of drug-likeness (QED) is 0.841. The highest BCUT2D eigenvalue weighted by atomic mass is 16.5. The molecule has 4 nitrogen and oxygen atoms in total. The van der Waals surface area contributed by atoms with Crippen molar-refractivity contribution in [2.75, 3.05) is 6.61 Å². The van der Waals surface area contributed by atoms with Crippen molar-refractivity contribution in [3.63, 3.8) is 0 Å². The Kier molecular flexibility index (Phi) is 5.57. The molecule has 0 radical (unpaired) electrons. The average Bonchev–Trinajstić information content (AvgIpc) is 2.36. The largest absolute Gasteiger partial charge is 0.483 e. The molecule has 1 amide bonds. The number of carbonyl (C=O) groups is 1. The molecular formula is C16H25NO3. The van der Waals surface area contributed by atoms with Gasteiger partial charge in [0.2, 0.25) is 0 Å². The van der Waals surface area contributed by atoms with Crippen molar-refractivity contribution >= 4 is 5.91 Å². The smallest absolute Gasteiger partial charge is 0.258 e. The van der Waals surface area contributed by atoms with E-state index in [2.05, 4.69) is 5.32 Å². The molecule has 4 heteroatoms. The summed E-state index contributed by atoms with van der Waals surface area (Å²) in [4.78, 5) is 11.8. The topological polar surface area (TPSA) is 58.6 Å². The van der Waals surface area contributed by atoms with Gasteiger partial charge >= 0.3 is 0 Å². The van der Waals surface area contributed by atoms with Crippen molar-refractivity contribution in [3.05, 3.63) is 29.3 Å². The van der Waals surface area contributed by atoms with E-state index in [0.717, 1.165) is 12.0 Å². The minimum atomic E-state index is -0.625. The third-order valence-corrected chi connectivity index (χ3v) is 3.34. The van der Waals surface area contributed by atoms with Gasteiger partial charge < -0.3 is 15.2 Å². The maximum Gasteiger partial charge on any atom is 0.258 e. The third-order valence-electron chi connectivity index (χ3n) is 3.34. The van der Waals surface area contributed by atoms with Gasteiger partial charge in [0.15, 0.2) is 6.61 Å². The van der Waals surface area contributed by atoms with Gasteiger partial charge in [0.25, 0.3) is 5.91 Å². The highest BCUT2D eigenvalue weighted by molar-refractivity contribution is 5.78. The normalized spacial score (nSPS) is 12.9. The molecule has 112 valence electrons. The first kappa shape index (κ1) is 16.5. The summed E-state index contributed by atoms with van der Waals surface area (Å²) in [5, 5.41) is 12.6. The van der Waals surface area contributed by atoms with Crippen LogP contribution in [0.4, 0.5) is 0 Å². The Labute approximate surface area is 121 Å². The first-order chi connectivity index (χ1) is 9.25. The average molecular weight is 279 g/mol. The number of ether oxygens (including phenoxy) is 1. The number of carbonyl (C=O) groups excluding carboxylic acids is 1. The molecule has 0 aliphatic rings. The second kappa shape index (κ2) is 6.75. The van der Waals surface area contributed by atoms with Crippen LogP contribution in [-0.4, -0.2) is 23.2 Å². The van der Waals surface area contributed by atoms with Gasteiger partial charge in [-0.25, -0.2) is 0 Å². The maximum absolute atomic E-state index is 11.8. The van der Waals surface area contributed by atoms with Gasteiger partial charge in [-0.05, 0) is 46.2 Å². The second-order valence-corrected chi connectivity index (χ2v) is 5.79. The lowest BCUT2D eigenvalue weighted by Crippen LogP contribution is -2.44. The van der Waals surface area contributed by atoms with Gasteiger partial charge in [-0.1, -0.05) is 18.6 Å². The van der Waals surface area contributed by atoms with Crippen LogP contribution in [0.1, 0.15) is 51.3 Å². The van der Waals surface area contributed by atoms with Crippen LogP contribution in [-0.2, 0) is 4.79 Å². The molecule has 1 aromatic carbocycles. The monoisotopic (exact) mass is 279 g/mol. The highest BCUT2D eigenvalue weighted by Crippen LogP contribution is 2.26. The Balaban J connectivity index is 2.68. The number of aliphatic hydroxyl groups excluding tert-OH is 1. The van der Waals surface area contributed by atoms with Gasteiger partial charge in [0, 0.05) is 11.1 Å². The number of amides is 1. The Morgan fingerprint density at radius 3 is 2.65 bits per heavy atom. The van der Waals surface area contributed by atoms with E-state index in [-0.39, 0.29) is 18.1 Å². The number of rotatable bonds is 6. The van der Waals surface area contributed by atoms with E-state index in [1.807, 2.05) is 39.8 Å². The van der Waals surface area contributed by atoms with Crippen molar-refractivity contribution in [2.24, 2.45) is 0 Å². The molecule has 0 saturated heterocycles. The fraction of sp³-hybridized carbons (Fsp3) is 0.562. The molecule has 2 N–H and O–H groups in total. The van der Waals surface area contributed by atoms with Crippen LogP contribution in [0, 0.1) is 6.92 Å². The van der Waals surface area contributed by atoms with Crippen molar-refractivity contribution in [1.29, 1.82) is 0 Å². The number of hydrogen-bond donors (Lipinski definition) is 2. The van der Waals surface area contributed by atoms with E-state index >= 15 is 0 Å². The van der Waals surface area contributed by atoms with Gasteiger partial charge in [-0.3, -0.25) is 4.79 Å². The number of benzene rings is 1. The SMILES string of the molecule is CCC(C)(C)NC(=O)COc1ccc(C)cc1[C@H](C)O. The molecule has 0 unspecified atom stereocenters. The predicted octanol–water partition coefficient (Wildman–Crippen LogP) is 2.73. The number of nitrogens with one attached hydrogen (secondary N) is 1. The summed E-state index contributed by atoms with van der Waals surface area (Å²) >= 11 is 0. The Morgan fingerprint density at radius 1 is 1.45 bits per heavy atom. The van der Waals surface area contributed by atoms with E-state index < -0.39 is 6.10 Å². The standard InChI is InChI=1S/C16H25NO3/c1-6-16(4,5)17-15(19)10-20-14-8-7-11(2)9-13(14)12(3)18/h7-9,12,18H,6,10H2,1-5H3,(H,17,19)/t12-/m0/s1. The lowest BCUT2D eigenvalue weighted by Gasteiger charge is -2.24. The molecule has 1 atom stereocenters. The molecule has 0 bridgehead atoms. The van der Waals surface area contributed by atoms with Crippen molar-refractivity contribution < 1.29 is 14.6 Å². The zero-order valence-electron chi connectivity index (χ0n) is 13.0. The summed E-state index contributed by atoms with van der Waals surface area (Å²) in [5.41, 5.74) is 1.51. The first-order valence-corrected chi connectivity index (χ1v) is 6.97. The van der Waals surface area contributed by atoms with Crippen molar-refractivity contribution in [3.8, 4) is 5.75 Å². The Bertz CT molecular complexity index is 467. The molecule has 1 aromatic rings. The number of aryl methyl sites for hydroxylation is 1. The van der Waals surface area contributed by atoms with E-state index in [9.17, 15) is 9.90 Å². The summed E-state index contributed by atoms with van der Waals surface area (Å²) in [6, 6.07) is 5.55. The van der Waals surface area contributed by atoms with E-state index in [1.165, 1.54) is 0 Å². The number of aliphatic hydroxyl groups is 1. The van der Waals surface area contributed by atoms with Gasteiger partial charge in [-0.15, -0.1) is 0 Å². The summed E-state index contributed by atoms with van der Waals surface area (Å²) in [5.74, 6) is 0.393. The van der Waals surface area contributed by atoms with E-state index in [4.69, 9.17) is 4.74 Å². The minimum absolute atomic E-state index is 0.0494. The van der Waals surface area contributed by atoms with E-state index in [1.54, 1.807) is 13.0 Å². The van der Waals surface area contributed by atoms with Crippen molar-refractivity contribution in [2.45, 2.75) is 52.7 Å². The minimum Gasteiger partial charge on any atom is -0.483 e. The molecule has 0 aliphatic heterocycles. The number of hydrogen-bond acceptors (Lipinski definition) is 3. The summed E-state index contributed by atoms with van der Waals surface area (Å²) < 4.78 is 5.53. The first-order valence-electron chi connectivity index (χ1n) is 6.97. The molecule has 0 spiro atoms. The summed E-state index contributed by atoms with van der Waals surface area (Å²) in [6.07, 6.45) is 0.224. The summed E-state index contributed by atoms with van der Waals surface area (Å²) in [6.45, 7) is 9.54. The van der Waals surface area contributed by atoms with Gasteiger partial charge in [0.1, 0.15) is 5.75 Å². The van der Waals surface area contributed by atoms with Crippen LogP contribution in [0.15, 0.2) is 18.2 Å². The Morgan fingerprint density at radius 2 is 2.10 bits per heavy atom. The van der Waals surface area contributed by atoms with E-state index in [0.29, 0.717) is 11.3 Å². The third kappa shape index (κ3) is 4.85. The summed E-state index contributed by atoms with van der Waals surface area (Å²) in [7, 11) is 0. The van der Waals surface area contributed by atoms with Crippen LogP contribution in [0.3, 0.4) is 0 Å². The maximum atomic E-state index is 11.8. The predicted molar refractivity (Wildman–Crippen MR) is 79.8 cm³/mol. The van der Waals surface area contributed by atoms with Gasteiger partial charge in [-0.2, -0.15) is 0 Å². The molecule has 0 saturated carbocycles.